The fourth-order valence-corrected chi connectivity index (χ4v) is 2.12. The van der Waals surface area contributed by atoms with Crippen molar-refractivity contribution in [2.45, 2.75) is 58.6 Å². The summed E-state index contributed by atoms with van der Waals surface area (Å²) in [7, 11) is 0. The highest BCUT2D eigenvalue weighted by atomic mass is 16.5. The first-order chi connectivity index (χ1) is 7.93. The Bertz CT molecular complexity index is 242. The van der Waals surface area contributed by atoms with E-state index in [0.29, 0.717) is 12.8 Å². The lowest BCUT2D eigenvalue weighted by molar-refractivity contribution is -0.124. The molecule has 0 aliphatic carbocycles. The van der Waals surface area contributed by atoms with Crippen LogP contribution in [0.25, 0.3) is 0 Å². The van der Waals surface area contributed by atoms with E-state index in [1.807, 2.05) is 0 Å². The summed E-state index contributed by atoms with van der Waals surface area (Å²) in [5.41, 5.74) is -0.0328. The van der Waals surface area contributed by atoms with E-state index in [4.69, 9.17) is 9.84 Å². The molecule has 1 rings (SSSR count). The molecule has 4 heteroatoms. The summed E-state index contributed by atoms with van der Waals surface area (Å²) in [6.07, 6.45) is 3.16. The molecule has 1 aliphatic heterocycles. The summed E-state index contributed by atoms with van der Waals surface area (Å²) in [5, 5.41) is 12.0. The minimum Gasteiger partial charge on any atom is -0.396 e. The zero-order valence-corrected chi connectivity index (χ0v) is 11.2. The minimum atomic E-state index is -0.0328. The fourth-order valence-electron chi connectivity index (χ4n) is 2.12. The molecule has 2 unspecified atom stereocenters. The number of rotatable bonds is 5. The lowest BCUT2D eigenvalue weighted by Crippen LogP contribution is -2.45. The van der Waals surface area contributed by atoms with Crippen LogP contribution >= 0.6 is 0 Å². The zero-order valence-electron chi connectivity index (χ0n) is 11.2. The topological polar surface area (TPSA) is 58.6 Å². The van der Waals surface area contributed by atoms with Gasteiger partial charge in [-0.3, -0.25) is 4.79 Å². The summed E-state index contributed by atoms with van der Waals surface area (Å²) in [6, 6.07) is 0.0152. The average Bonchev–Trinajstić information content (AvgIpc) is 2.68. The van der Waals surface area contributed by atoms with Crippen molar-refractivity contribution in [3.05, 3.63) is 0 Å². The Hall–Kier alpha value is -0.610. The number of aliphatic hydroxyl groups is 1. The van der Waals surface area contributed by atoms with Gasteiger partial charge in [0.15, 0.2) is 0 Å². The van der Waals surface area contributed by atoms with Crippen molar-refractivity contribution in [1.82, 2.24) is 5.32 Å². The Morgan fingerprint density at radius 1 is 1.53 bits per heavy atom. The van der Waals surface area contributed by atoms with E-state index in [-0.39, 0.29) is 30.1 Å². The molecule has 4 nitrogen and oxygen atoms in total. The molecule has 1 heterocycles. The van der Waals surface area contributed by atoms with Gasteiger partial charge in [0.25, 0.3) is 0 Å². The highest BCUT2D eigenvalue weighted by molar-refractivity contribution is 5.76. The lowest BCUT2D eigenvalue weighted by Gasteiger charge is -2.31. The summed E-state index contributed by atoms with van der Waals surface area (Å²) in [6.45, 7) is 7.08. The molecule has 1 saturated heterocycles. The number of ether oxygens (including phenoxy) is 1. The van der Waals surface area contributed by atoms with Crippen LogP contribution in [0.15, 0.2) is 0 Å². The first-order valence-electron chi connectivity index (χ1n) is 6.45. The number of hydrogen-bond acceptors (Lipinski definition) is 3. The van der Waals surface area contributed by atoms with E-state index in [9.17, 15) is 4.79 Å². The van der Waals surface area contributed by atoms with Crippen molar-refractivity contribution in [2.24, 2.45) is 5.41 Å². The predicted octanol–water partition coefficient (Wildman–Crippen LogP) is 1.47. The van der Waals surface area contributed by atoms with Gasteiger partial charge in [-0.25, -0.2) is 0 Å². The highest BCUT2D eigenvalue weighted by Gasteiger charge is 2.27. The van der Waals surface area contributed by atoms with Crippen molar-refractivity contribution in [2.75, 3.05) is 13.2 Å². The van der Waals surface area contributed by atoms with Crippen molar-refractivity contribution in [1.29, 1.82) is 0 Å². The van der Waals surface area contributed by atoms with Crippen molar-refractivity contribution < 1.29 is 14.6 Å². The third kappa shape index (κ3) is 5.04. The van der Waals surface area contributed by atoms with Crippen molar-refractivity contribution >= 4 is 5.91 Å². The second-order valence-corrected chi connectivity index (χ2v) is 5.84. The van der Waals surface area contributed by atoms with Gasteiger partial charge >= 0.3 is 0 Å². The standard InChI is InChI=1S/C13H25NO3/c1-13(2,3)11(6-7-15)14-12(16)9-10-5-4-8-17-10/h10-11,15H,4-9H2,1-3H3,(H,14,16). The molecule has 2 N–H and O–H groups in total. The summed E-state index contributed by atoms with van der Waals surface area (Å²) < 4.78 is 5.44. The normalized spacial score (nSPS) is 22.5. The molecule has 0 aromatic carbocycles. The van der Waals surface area contributed by atoms with Gasteiger partial charge < -0.3 is 15.2 Å². The molecule has 1 aliphatic rings. The van der Waals surface area contributed by atoms with Gasteiger partial charge in [-0.2, -0.15) is 0 Å². The van der Waals surface area contributed by atoms with Crippen LogP contribution in [-0.4, -0.2) is 36.4 Å². The Kier molecular flexibility index (Phi) is 5.40. The summed E-state index contributed by atoms with van der Waals surface area (Å²) in [5.74, 6) is 0.0327. The largest absolute Gasteiger partial charge is 0.396 e. The highest BCUT2D eigenvalue weighted by Crippen LogP contribution is 2.22. The molecule has 2 atom stereocenters. The van der Waals surface area contributed by atoms with Crippen LogP contribution in [-0.2, 0) is 9.53 Å². The molecule has 1 fully saturated rings. The van der Waals surface area contributed by atoms with E-state index < -0.39 is 0 Å². The first-order valence-corrected chi connectivity index (χ1v) is 6.45. The molecule has 0 saturated carbocycles. The molecule has 100 valence electrons. The second-order valence-electron chi connectivity index (χ2n) is 5.84. The Balaban J connectivity index is 2.40. The molecule has 0 aromatic rings. The van der Waals surface area contributed by atoms with Crippen LogP contribution in [0.4, 0.5) is 0 Å². The number of hydrogen-bond donors (Lipinski definition) is 2. The maximum Gasteiger partial charge on any atom is 0.222 e. The van der Waals surface area contributed by atoms with Crippen LogP contribution in [0.3, 0.4) is 0 Å². The number of carbonyl (C=O) groups is 1. The predicted molar refractivity (Wildman–Crippen MR) is 66.7 cm³/mol. The van der Waals surface area contributed by atoms with Crippen LogP contribution in [0.1, 0.15) is 46.5 Å². The fraction of sp³-hybridized carbons (Fsp3) is 0.923. The van der Waals surface area contributed by atoms with Gasteiger partial charge in [-0.05, 0) is 24.7 Å². The lowest BCUT2D eigenvalue weighted by atomic mass is 9.85. The van der Waals surface area contributed by atoms with Crippen LogP contribution in [0.2, 0.25) is 0 Å². The Morgan fingerprint density at radius 3 is 2.71 bits per heavy atom. The van der Waals surface area contributed by atoms with Crippen LogP contribution < -0.4 is 5.32 Å². The smallest absolute Gasteiger partial charge is 0.222 e. The van der Waals surface area contributed by atoms with E-state index >= 15 is 0 Å². The SMILES string of the molecule is CC(C)(C)C(CCO)NC(=O)CC1CCCO1. The molecule has 0 bridgehead atoms. The van der Waals surface area contributed by atoms with E-state index in [2.05, 4.69) is 26.1 Å². The van der Waals surface area contributed by atoms with Crippen LogP contribution in [0, 0.1) is 5.41 Å². The molecule has 1 amide bonds. The number of aliphatic hydroxyl groups excluding tert-OH is 1. The first kappa shape index (κ1) is 14.5. The molecule has 0 aromatic heterocycles. The maximum atomic E-state index is 11.9. The van der Waals surface area contributed by atoms with Crippen molar-refractivity contribution in [3.8, 4) is 0 Å². The zero-order chi connectivity index (χ0) is 12.9. The van der Waals surface area contributed by atoms with Crippen LogP contribution in [0.5, 0.6) is 0 Å². The van der Waals surface area contributed by atoms with Gasteiger partial charge in [0.05, 0.1) is 12.5 Å². The molecule has 17 heavy (non-hydrogen) atoms. The maximum absolute atomic E-state index is 11.9. The number of carbonyl (C=O) groups excluding carboxylic acids is 1. The monoisotopic (exact) mass is 243 g/mol. The van der Waals surface area contributed by atoms with E-state index in [1.54, 1.807) is 0 Å². The molecule has 0 spiro atoms. The van der Waals surface area contributed by atoms with Gasteiger partial charge in [0.2, 0.25) is 5.91 Å². The summed E-state index contributed by atoms with van der Waals surface area (Å²) >= 11 is 0. The van der Waals surface area contributed by atoms with E-state index in [1.165, 1.54) is 0 Å². The van der Waals surface area contributed by atoms with Gasteiger partial charge in [0, 0.05) is 19.3 Å². The van der Waals surface area contributed by atoms with Crippen molar-refractivity contribution in [3.63, 3.8) is 0 Å². The number of amides is 1. The van der Waals surface area contributed by atoms with Gasteiger partial charge in [-0.1, -0.05) is 20.8 Å². The quantitative estimate of drug-likeness (QED) is 0.768. The van der Waals surface area contributed by atoms with Gasteiger partial charge in [0.1, 0.15) is 0 Å². The second kappa shape index (κ2) is 6.36. The molecule has 0 radical (unpaired) electrons. The third-order valence-electron chi connectivity index (χ3n) is 3.24. The number of nitrogens with one attached hydrogen (secondary N) is 1. The van der Waals surface area contributed by atoms with Gasteiger partial charge in [-0.15, -0.1) is 0 Å². The van der Waals surface area contributed by atoms with E-state index in [0.717, 1.165) is 19.4 Å². The Morgan fingerprint density at radius 2 is 2.24 bits per heavy atom. The molecular weight excluding hydrogens is 218 g/mol. The summed E-state index contributed by atoms with van der Waals surface area (Å²) in [4.78, 5) is 11.9. The third-order valence-corrected chi connectivity index (χ3v) is 3.24. The minimum absolute atomic E-state index is 0.0152. The Labute approximate surface area is 104 Å². The average molecular weight is 243 g/mol. The molecular formula is C13H25NO3.